The molecule has 0 spiro atoms. The fourth-order valence-corrected chi connectivity index (χ4v) is 3.67. The van der Waals surface area contributed by atoms with Crippen LogP contribution in [0.2, 0.25) is 5.02 Å². The number of imidazole rings is 1. The number of alkyl halides is 3. The highest BCUT2D eigenvalue weighted by Crippen LogP contribution is 2.34. The van der Waals surface area contributed by atoms with Gasteiger partial charge in [-0.1, -0.05) is 11.6 Å². The SMILES string of the molecule is Cc1cc(NC(=O)Cn2cnc3c2c(=O)n(C)c(=O)n3C)n(-c2cc(C(F)(F)F)ccc2Cl)n1. The number of fused-ring (bicyclic) bond motifs is 1. The lowest BCUT2D eigenvalue weighted by atomic mass is 10.2. The normalized spacial score (nSPS) is 11.9. The Labute approximate surface area is 193 Å². The first-order valence-electron chi connectivity index (χ1n) is 9.73. The number of amides is 1. The molecule has 4 aromatic rings. The van der Waals surface area contributed by atoms with Crippen LogP contribution in [0.5, 0.6) is 0 Å². The second-order valence-corrected chi connectivity index (χ2v) is 7.95. The molecule has 3 heterocycles. The summed E-state index contributed by atoms with van der Waals surface area (Å²) in [5.74, 6) is -0.534. The largest absolute Gasteiger partial charge is 0.416 e. The lowest BCUT2D eigenvalue weighted by Gasteiger charge is -2.13. The predicted molar refractivity (Wildman–Crippen MR) is 117 cm³/mol. The summed E-state index contributed by atoms with van der Waals surface area (Å²) in [5, 5.41) is 6.72. The number of carbonyl (C=O) groups excluding carboxylic acids is 1. The summed E-state index contributed by atoms with van der Waals surface area (Å²) in [5.41, 5.74) is -1.62. The number of halogens is 4. The van der Waals surface area contributed by atoms with Crippen LogP contribution in [-0.4, -0.2) is 34.4 Å². The van der Waals surface area contributed by atoms with Gasteiger partial charge in [0.15, 0.2) is 11.2 Å². The van der Waals surface area contributed by atoms with E-state index >= 15 is 0 Å². The van der Waals surface area contributed by atoms with Crippen molar-refractivity contribution in [3.8, 4) is 5.69 Å². The molecule has 0 radical (unpaired) electrons. The molecule has 0 aliphatic rings. The molecule has 3 aromatic heterocycles. The summed E-state index contributed by atoms with van der Waals surface area (Å²) in [6, 6.07) is 4.24. The molecule has 10 nitrogen and oxygen atoms in total. The Morgan fingerprint density at radius 3 is 2.53 bits per heavy atom. The first-order valence-corrected chi connectivity index (χ1v) is 10.1. The summed E-state index contributed by atoms with van der Waals surface area (Å²) >= 11 is 6.12. The average Bonchev–Trinajstić information content (AvgIpc) is 3.33. The number of carbonyl (C=O) groups is 1. The number of hydrogen-bond acceptors (Lipinski definition) is 5. The molecule has 1 aromatic carbocycles. The topological polar surface area (TPSA) is 109 Å². The Morgan fingerprint density at radius 2 is 1.85 bits per heavy atom. The summed E-state index contributed by atoms with van der Waals surface area (Å²) in [7, 11) is 2.75. The average molecular weight is 496 g/mol. The third-order valence-corrected chi connectivity index (χ3v) is 5.45. The monoisotopic (exact) mass is 495 g/mol. The van der Waals surface area contributed by atoms with Gasteiger partial charge in [0.1, 0.15) is 12.4 Å². The first kappa shape index (κ1) is 23.3. The number of aromatic nitrogens is 6. The molecule has 1 amide bonds. The van der Waals surface area contributed by atoms with Crippen LogP contribution in [0.15, 0.2) is 40.2 Å². The second-order valence-electron chi connectivity index (χ2n) is 7.55. The fraction of sp³-hybridized carbons (Fsp3) is 0.250. The Bertz CT molecular complexity index is 1560. The molecule has 4 rings (SSSR count). The molecule has 0 atom stereocenters. The van der Waals surface area contributed by atoms with Gasteiger partial charge < -0.3 is 9.88 Å². The molecule has 178 valence electrons. The van der Waals surface area contributed by atoms with E-state index in [9.17, 15) is 27.6 Å². The molecule has 0 aliphatic heterocycles. The van der Waals surface area contributed by atoms with Crippen molar-refractivity contribution in [2.75, 3.05) is 5.32 Å². The van der Waals surface area contributed by atoms with E-state index in [-0.39, 0.29) is 34.2 Å². The van der Waals surface area contributed by atoms with Crippen LogP contribution in [0.3, 0.4) is 0 Å². The van der Waals surface area contributed by atoms with Crippen LogP contribution in [0.1, 0.15) is 11.3 Å². The lowest BCUT2D eigenvalue weighted by molar-refractivity contribution is -0.137. The number of aryl methyl sites for hydroxylation is 2. The molecule has 0 aliphatic carbocycles. The number of hydrogen-bond donors (Lipinski definition) is 1. The van der Waals surface area contributed by atoms with Crippen molar-refractivity contribution >= 4 is 34.5 Å². The number of nitrogens with zero attached hydrogens (tertiary/aromatic N) is 6. The van der Waals surface area contributed by atoms with Gasteiger partial charge in [-0.3, -0.25) is 18.7 Å². The van der Waals surface area contributed by atoms with Crippen molar-refractivity contribution in [2.24, 2.45) is 14.1 Å². The van der Waals surface area contributed by atoms with Gasteiger partial charge in [0, 0.05) is 20.2 Å². The molecule has 34 heavy (non-hydrogen) atoms. The van der Waals surface area contributed by atoms with Crippen molar-refractivity contribution in [1.82, 2.24) is 28.5 Å². The van der Waals surface area contributed by atoms with Crippen LogP contribution in [0.25, 0.3) is 16.9 Å². The zero-order valence-electron chi connectivity index (χ0n) is 18.0. The number of anilines is 1. The second kappa shape index (κ2) is 8.17. The van der Waals surface area contributed by atoms with Gasteiger partial charge in [0.25, 0.3) is 5.56 Å². The van der Waals surface area contributed by atoms with E-state index < -0.39 is 28.9 Å². The summed E-state index contributed by atoms with van der Waals surface area (Å²) in [6.45, 7) is 1.24. The van der Waals surface area contributed by atoms with Crippen molar-refractivity contribution in [3.05, 3.63) is 67.7 Å². The van der Waals surface area contributed by atoms with E-state index in [0.29, 0.717) is 5.69 Å². The maximum Gasteiger partial charge on any atom is 0.416 e. The molecule has 0 unspecified atom stereocenters. The third-order valence-electron chi connectivity index (χ3n) is 5.13. The molecule has 0 bridgehead atoms. The summed E-state index contributed by atoms with van der Waals surface area (Å²) in [6.07, 6.45) is -3.35. The number of nitrogens with one attached hydrogen (secondary N) is 1. The molecular weight excluding hydrogens is 479 g/mol. The standard InChI is InChI=1S/C20H17ClF3N7O3/c1-10-6-14(31(27-10)13-7-11(20(22,23)24)4-5-12(13)21)26-15(32)8-30-9-25-17-16(30)18(33)29(3)19(34)28(17)2/h4-7,9H,8H2,1-3H3,(H,26,32). The van der Waals surface area contributed by atoms with Crippen LogP contribution in [0, 0.1) is 6.92 Å². The van der Waals surface area contributed by atoms with Gasteiger partial charge in [0.2, 0.25) is 5.91 Å². The van der Waals surface area contributed by atoms with Gasteiger partial charge in [0.05, 0.1) is 28.3 Å². The van der Waals surface area contributed by atoms with Crippen LogP contribution in [0.4, 0.5) is 19.0 Å². The Balaban J connectivity index is 1.69. The minimum atomic E-state index is -4.60. The van der Waals surface area contributed by atoms with Gasteiger partial charge in [-0.05, 0) is 25.1 Å². The van der Waals surface area contributed by atoms with Crippen molar-refractivity contribution < 1.29 is 18.0 Å². The van der Waals surface area contributed by atoms with Gasteiger partial charge >= 0.3 is 11.9 Å². The van der Waals surface area contributed by atoms with Crippen LogP contribution >= 0.6 is 11.6 Å². The Kier molecular flexibility index (Phi) is 5.59. The lowest BCUT2D eigenvalue weighted by Crippen LogP contribution is -2.37. The highest BCUT2D eigenvalue weighted by molar-refractivity contribution is 6.32. The van der Waals surface area contributed by atoms with E-state index in [1.807, 2.05) is 0 Å². The van der Waals surface area contributed by atoms with Gasteiger partial charge in [-0.15, -0.1) is 0 Å². The van der Waals surface area contributed by atoms with Crippen LogP contribution < -0.4 is 16.6 Å². The molecule has 14 heteroatoms. The van der Waals surface area contributed by atoms with E-state index in [2.05, 4.69) is 15.4 Å². The maximum absolute atomic E-state index is 13.2. The smallest absolute Gasteiger partial charge is 0.315 e. The van der Waals surface area contributed by atoms with E-state index in [1.54, 1.807) is 6.92 Å². The zero-order valence-corrected chi connectivity index (χ0v) is 18.8. The Morgan fingerprint density at radius 1 is 1.15 bits per heavy atom. The highest BCUT2D eigenvalue weighted by atomic mass is 35.5. The maximum atomic E-state index is 13.2. The molecule has 0 saturated carbocycles. The first-order chi connectivity index (χ1) is 15.9. The summed E-state index contributed by atoms with van der Waals surface area (Å²) in [4.78, 5) is 41.5. The third kappa shape index (κ3) is 3.98. The van der Waals surface area contributed by atoms with Gasteiger partial charge in [-0.2, -0.15) is 18.3 Å². The highest BCUT2D eigenvalue weighted by Gasteiger charge is 2.31. The molecule has 1 N–H and O–H groups in total. The van der Waals surface area contributed by atoms with E-state index in [4.69, 9.17) is 11.6 Å². The van der Waals surface area contributed by atoms with Crippen molar-refractivity contribution in [1.29, 1.82) is 0 Å². The zero-order chi connectivity index (χ0) is 24.9. The quantitative estimate of drug-likeness (QED) is 0.467. The molecular formula is C20H17ClF3N7O3. The Hall–Kier alpha value is -3.87. The van der Waals surface area contributed by atoms with Gasteiger partial charge in [-0.25, -0.2) is 14.5 Å². The minimum absolute atomic E-state index is 0.00313. The minimum Gasteiger partial charge on any atom is -0.315 e. The molecule has 0 saturated heterocycles. The number of rotatable bonds is 4. The van der Waals surface area contributed by atoms with E-state index in [1.165, 1.54) is 35.6 Å². The van der Waals surface area contributed by atoms with Crippen LogP contribution in [-0.2, 0) is 31.6 Å². The van der Waals surface area contributed by atoms with E-state index in [0.717, 1.165) is 27.4 Å². The summed E-state index contributed by atoms with van der Waals surface area (Å²) < 4.78 is 44.0. The predicted octanol–water partition coefficient (Wildman–Crippen LogP) is 2.24. The number of benzene rings is 1. The van der Waals surface area contributed by atoms with Crippen molar-refractivity contribution in [3.63, 3.8) is 0 Å². The molecule has 0 fully saturated rings. The fourth-order valence-electron chi connectivity index (χ4n) is 3.48. The van der Waals surface area contributed by atoms with Crippen molar-refractivity contribution in [2.45, 2.75) is 19.6 Å².